The van der Waals surface area contributed by atoms with Crippen LogP contribution in [0.25, 0.3) is 11.1 Å². The highest BCUT2D eigenvalue weighted by molar-refractivity contribution is 6.01. The maximum atomic E-state index is 13.6. The summed E-state index contributed by atoms with van der Waals surface area (Å²) < 4.78 is 21.9. The monoisotopic (exact) mass is 623 g/mol. The van der Waals surface area contributed by atoms with Crippen molar-refractivity contribution in [1.29, 1.82) is 0 Å². The van der Waals surface area contributed by atoms with Crippen LogP contribution in [0.1, 0.15) is 58.1 Å². The summed E-state index contributed by atoms with van der Waals surface area (Å²) in [6, 6.07) is 9.12. The number of oxazole rings is 1. The van der Waals surface area contributed by atoms with Crippen LogP contribution < -0.4 is 19.5 Å². The molecule has 0 saturated carbocycles. The summed E-state index contributed by atoms with van der Waals surface area (Å²) in [5.74, 6) is -2.74. The molecule has 0 spiro atoms. The molecule has 45 heavy (non-hydrogen) atoms. The van der Waals surface area contributed by atoms with Gasteiger partial charge < -0.3 is 34.0 Å². The Morgan fingerprint density at radius 1 is 1.02 bits per heavy atom. The van der Waals surface area contributed by atoms with Crippen LogP contribution in [-0.4, -0.2) is 76.4 Å². The first kappa shape index (κ1) is 33.0. The van der Waals surface area contributed by atoms with Crippen molar-refractivity contribution in [3.8, 4) is 17.2 Å². The van der Waals surface area contributed by atoms with E-state index in [0.717, 1.165) is 0 Å². The predicted octanol–water partition coefficient (Wildman–Crippen LogP) is 3.64. The minimum Gasteiger partial charge on any atom is -0.484 e. The molecule has 0 bridgehead atoms. The molecule has 0 radical (unpaired) electrons. The molecule has 0 aliphatic carbocycles. The lowest BCUT2D eigenvalue weighted by Crippen LogP contribution is -2.53. The molecular weight excluding hydrogens is 586 g/mol. The van der Waals surface area contributed by atoms with Gasteiger partial charge in [-0.2, -0.15) is 0 Å². The summed E-state index contributed by atoms with van der Waals surface area (Å²) in [6.07, 6.45) is 1.01. The lowest BCUT2D eigenvalue weighted by molar-refractivity contribution is -0.143. The largest absolute Gasteiger partial charge is 0.484 e. The SMILES string of the molecule is CC(C)[C@H](NC(=O)[C@H]1CCCN1C(=O)COc1ccc(OCC(=O)O)cc1)C(=O)c1nc2c(OC(=O)C(C)(C)C)cccc2o1. The van der Waals surface area contributed by atoms with Crippen LogP contribution in [0.5, 0.6) is 17.2 Å². The molecule has 1 saturated heterocycles. The first-order chi connectivity index (χ1) is 21.2. The molecule has 2 heterocycles. The highest BCUT2D eigenvalue weighted by Crippen LogP contribution is 2.29. The number of aromatic nitrogens is 1. The zero-order chi connectivity index (χ0) is 32.9. The number of nitrogens with one attached hydrogen (secondary N) is 1. The molecule has 2 amide bonds. The minimum atomic E-state index is -1.10. The number of likely N-dealkylation sites (tertiary alicyclic amines) is 1. The molecule has 3 aromatic rings. The highest BCUT2D eigenvalue weighted by atomic mass is 16.5. The van der Waals surface area contributed by atoms with E-state index in [2.05, 4.69) is 10.3 Å². The molecule has 0 unspecified atom stereocenters. The van der Waals surface area contributed by atoms with E-state index in [0.29, 0.717) is 30.9 Å². The Bertz CT molecular complexity index is 1570. The van der Waals surface area contributed by atoms with Gasteiger partial charge in [-0.15, -0.1) is 0 Å². The van der Waals surface area contributed by atoms with Gasteiger partial charge in [-0.25, -0.2) is 9.78 Å². The van der Waals surface area contributed by atoms with E-state index in [9.17, 15) is 24.0 Å². The van der Waals surface area contributed by atoms with E-state index in [1.54, 1.807) is 65.0 Å². The molecule has 2 N–H and O–H groups in total. The van der Waals surface area contributed by atoms with E-state index in [-0.39, 0.29) is 35.3 Å². The second-order valence-electron chi connectivity index (χ2n) is 12.0. The number of ether oxygens (including phenoxy) is 3. The quantitative estimate of drug-likeness (QED) is 0.171. The van der Waals surface area contributed by atoms with Crippen molar-refractivity contribution in [2.45, 2.75) is 59.5 Å². The van der Waals surface area contributed by atoms with Gasteiger partial charge in [0.05, 0.1) is 11.5 Å². The number of carbonyl (C=O) groups excluding carboxylic acids is 4. The number of hydrogen-bond donors (Lipinski definition) is 2. The summed E-state index contributed by atoms with van der Waals surface area (Å²) >= 11 is 0. The number of carboxylic acid groups (broad SMARTS) is 1. The normalized spacial score (nSPS) is 15.5. The average molecular weight is 624 g/mol. The number of hydrogen-bond acceptors (Lipinski definition) is 10. The number of carboxylic acids is 1. The number of rotatable bonds is 12. The number of benzene rings is 2. The molecule has 13 nitrogen and oxygen atoms in total. The number of ketones is 1. The number of esters is 1. The van der Waals surface area contributed by atoms with Crippen molar-refractivity contribution < 1.29 is 47.7 Å². The smallest absolute Gasteiger partial charge is 0.341 e. The molecule has 2 atom stereocenters. The fourth-order valence-corrected chi connectivity index (χ4v) is 4.62. The van der Waals surface area contributed by atoms with Crippen molar-refractivity contribution in [2.75, 3.05) is 19.8 Å². The number of Topliss-reactive ketones (excluding diaryl/α,β-unsaturated/α-hetero) is 1. The Hall–Kier alpha value is -4.94. The number of nitrogens with zero attached hydrogens (tertiary/aromatic N) is 2. The third-order valence-electron chi connectivity index (χ3n) is 7.08. The van der Waals surface area contributed by atoms with Crippen molar-refractivity contribution >= 4 is 40.6 Å². The van der Waals surface area contributed by atoms with Crippen molar-refractivity contribution in [3.05, 3.63) is 48.4 Å². The van der Waals surface area contributed by atoms with Crippen LogP contribution in [0.15, 0.2) is 46.9 Å². The van der Waals surface area contributed by atoms with Gasteiger partial charge in [0.15, 0.2) is 30.1 Å². The number of aliphatic carboxylic acids is 1. The van der Waals surface area contributed by atoms with Crippen molar-refractivity contribution in [1.82, 2.24) is 15.2 Å². The molecule has 1 aromatic heterocycles. The topological polar surface area (TPSA) is 175 Å². The minimum absolute atomic E-state index is 0.158. The lowest BCUT2D eigenvalue weighted by atomic mass is 9.97. The zero-order valence-electron chi connectivity index (χ0n) is 25.8. The standard InChI is InChI=1S/C32H37N3O10/c1-18(2)26(28(39)30-34-27-22(44-30)9-6-10-23(27)45-31(41)32(3,4)5)33-29(40)21-8-7-15-35(21)24(36)16-42-19-11-13-20(14-12-19)43-17-25(37)38/h6,9-14,18,21,26H,7-8,15-17H2,1-5H3,(H,33,40)(H,37,38)/t21-,26+/m1/s1. The van der Waals surface area contributed by atoms with E-state index in [1.165, 1.54) is 17.0 Å². The van der Waals surface area contributed by atoms with Gasteiger partial charge in [-0.1, -0.05) is 19.9 Å². The zero-order valence-corrected chi connectivity index (χ0v) is 25.8. The van der Waals surface area contributed by atoms with Gasteiger partial charge in [-0.05, 0) is 75.9 Å². The Morgan fingerprint density at radius 2 is 1.67 bits per heavy atom. The van der Waals surface area contributed by atoms with Gasteiger partial charge in [-0.3, -0.25) is 19.2 Å². The first-order valence-corrected chi connectivity index (χ1v) is 14.6. The van der Waals surface area contributed by atoms with Crippen molar-refractivity contribution in [3.63, 3.8) is 0 Å². The van der Waals surface area contributed by atoms with Crippen LogP contribution in [0, 0.1) is 11.3 Å². The Morgan fingerprint density at radius 3 is 2.27 bits per heavy atom. The van der Waals surface area contributed by atoms with Gasteiger partial charge in [0, 0.05) is 6.54 Å². The average Bonchev–Trinajstić information content (AvgIpc) is 3.65. The first-order valence-electron chi connectivity index (χ1n) is 14.6. The summed E-state index contributed by atoms with van der Waals surface area (Å²) in [4.78, 5) is 68.8. The van der Waals surface area contributed by atoms with E-state index >= 15 is 0 Å². The number of amides is 2. The number of carbonyl (C=O) groups is 5. The maximum Gasteiger partial charge on any atom is 0.341 e. The number of fused-ring (bicyclic) bond motifs is 1. The Kier molecular flexibility index (Phi) is 10.1. The molecule has 2 aromatic carbocycles. The third-order valence-corrected chi connectivity index (χ3v) is 7.08. The van der Waals surface area contributed by atoms with Gasteiger partial charge in [0.2, 0.25) is 11.7 Å². The Balaban J connectivity index is 1.41. The lowest BCUT2D eigenvalue weighted by Gasteiger charge is -2.27. The van der Waals surface area contributed by atoms with E-state index in [4.69, 9.17) is 23.7 Å². The summed E-state index contributed by atoms with van der Waals surface area (Å²) in [7, 11) is 0. The molecule has 1 fully saturated rings. The van der Waals surface area contributed by atoms with E-state index in [1.807, 2.05) is 0 Å². The van der Waals surface area contributed by atoms with Crippen molar-refractivity contribution in [2.24, 2.45) is 11.3 Å². The van der Waals surface area contributed by atoms with Gasteiger partial charge in [0.1, 0.15) is 17.5 Å². The molecule has 13 heteroatoms. The predicted molar refractivity (Wildman–Crippen MR) is 160 cm³/mol. The fraction of sp³-hybridized carbons (Fsp3) is 0.438. The van der Waals surface area contributed by atoms with Crippen LogP contribution >= 0.6 is 0 Å². The second kappa shape index (κ2) is 13.8. The van der Waals surface area contributed by atoms with E-state index < -0.39 is 53.6 Å². The Labute approximate surface area is 259 Å². The maximum absolute atomic E-state index is 13.6. The van der Waals surface area contributed by atoms with Crippen LogP contribution in [0.2, 0.25) is 0 Å². The molecule has 1 aliphatic rings. The fourth-order valence-electron chi connectivity index (χ4n) is 4.62. The summed E-state index contributed by atoms with van der Waals surface area (Å²) in [6.45, 7) is 8.24. The molecule has 1 aliphatic heterocycles. The van der Waals surface area contributed by atoms with Gasteiger partial charge >= 0.3 is 11.9 Å². The van der Waals surface area contributed by atoms with Gasteiger partial charge in [0.25, 0.3) is 11.8 Å². The molecule has 4 rings (SSSR count). The molecule has 240 valence electrons. The van der Waals surface area contributed by atoms with Crippen LogP contribution in [0.3, 0.4) is 0 Å². The third kappa shape index (κ3) is 8.16. The van der Waals surface area contributed by atoms with Crippen LogP contribution in [0.4, 0.5) is 0 Å². The molecular formula is C32H37N3O10. The number of para-hydroxylation sites is 1. The summed E-state index contributed by atoms with van der Waals surface area (Å²) in [5.41, 5.74) is -0.297. The highest BCUT2D eigenvalue weighted by Gasteiger charge is 2.38. The second-order valence-corrected chi connectivity index (χ2v) is 12.0. The summed E-state index contributed by atoms with van der Waals surface area (Å²) in [5, 5.41) is 11.5. The van der Waals surface area contributed by atoms with Crippen LogP contribution in [-0.2, 0) is 19.2 Å².